The normalized spacial score (nSPS) is 11.8. The van der Waals surface area contributed by atoms with Crippen molar-refractivity contribution in [3.05, 3.63) is 60.3 Å². The van der Waals surface area contributed by atoms with Gasteiger partial charge in [0.1, 0.15) is 0 Å². The highest BCUT2D eigenvalue weighted by atomic mass is 19.4. The SMILES string of the molecule is Nc1ccnc2ccc(-c3cccc(C(F)(F)F)c3)cc12. The van der Waals surface area contributed by atoms with E-state index in [1.54, 1.807) is 36.5 Å². The fraction of sp³-hybridized carbons (Fsp3) is 0.0625. The first-order chi connectivity index (χ1) is 9.95. The Morgan fingerprint density at radius 1 is 0.905 bits per heavy atom. The van der Waals surface area contributed by atoms with Crippen LogP contribution in [0.4, 0.5) is 18.9 Å². The molecule has 5 heteroatoms. The number of benzene rings is 2. The van der Waals surface area contributed by atoms with Crippen LogP contribution >= 0.6 is 0 Å². The maximum absolute atomic E-state index is 12.8. The number of fused-ring (bicyclic) bond motifs is 1. The largest absolute Gasteiger partial charge is 0.416 e. The van der Waals surface area contributed by atoms with E-state index in [0.29, 0.717) is 22.3 Å². The first kappa shape index (κ1) is 13.4. The second-order valence-corrected chi connectivity index (χ2v) is 4.71. The van der Waals surface area contributed by atoms with Gasteiger partial charge in [0.15, 0.2) is 0 Å². The molecule has 0 unspecified atom stereocenters. The van der Waals surface area contributed by atoms with E-state index >= 15 is 0 Å². The lowest BCUT2D eigenvalue weighted by Gasteiger charge is -2.10. The predicted molar refractivity (Wildman–Crippen MR) is 76.6 cm³/mol. The molecule has 0 aliphatic rings. The predicted octanol–water partition coefficient (Wildman–Crippen LogP) is 4.50. The first-order valence-electron chi connectivity index (χ1n) is 6.27. The molecular formula is C16H11F3N2. The van der Waals surface area contributed by atoms with E-state index in [-0.39, 0.29) is 0 Å². The van der Waals surface area contributed by atoms with Crippen molar-refractivity contribution in [1.82, 2.24) is 4.98 Å². The summed E-state index contributed by atoms with van der Waals surface area (Å²) >= 11 is 0. The number of aromatic nitrogens is 1. The highest BCUT2D eigenvalue weighted by Crippen LogP contribution is 2.33. The molecule has 0 fully saturated rings. The van der Waals surface area contributed by atoms with Crippen molar-refractivity contribution in [3.8, 4) is 11.1 Å². The monoisotopic (exact) mass is 288 g/mol. The molecule has 106 valence electrons. The fourth-order valence-electron chi connectivity index (χ4n) is 2.22. The number of alkyl halides is 3. The van der Waals surface area contributed by atoms with Crippen LogP contribution in [0.25, 0.3) is 22.0 Å². The maximum Gasteiger partial charge on any atom is 0.416 e. The summed E-state index contributed by atoms with van der Waals surface area (Å²) in [5, 5.41) is 0.729. The Balaban J connectivity index is 2.15. The Labute approximate surface area is 119 Å². The number of nitrogen functional groups attached to an aromatic ring is 1. The standard InChI is InChI=1S/C16H11F3N2/c17-16(18,19)12-3-1-2-10(8-12)11-4-5-15-13(9-11)14(20)6-7-21-15/h1-9H,(H2,20,21). The summed E-state index contributed by atoms with van der Waals surface area (Å²) in [4.78, 5) is 4.17. The van der Waals surface area contributed by atoms with Gasteiger partial charge in [-0.05, 0) is 41.5 Å². The molecule has 1 aromatic heterocycles. The van der Waals surface area contributed by atoms with Gasteiger partial charge in [-0.2, -0.15) is 13.2 Å². The number of hydrogen-bond acceptors (Lipinski definition) is 2. The lowest BCUT2D eigenvalue weighted by atomic mass is 10.0. The number of rotatable bonds is 1. The van der Waals surface area contributed by atoms with Crippen LogP contribution in [0.3, 0.4) is 0 Å². The van der Waals surface area contributed by atoms with Crippen LogP contribution < -0.4 is 5.73 Å². The zero-order valence-electron chi connectivity index (χ0n) is 10.9. The number of anilines is 1. The summed E-state index contributed by atoms with van der Waals surface area (Å²) in [6.45, 7) is 0. The molecule has 21 heavy (non-hydrogen) atoms. The van der Waals surface area contributed by atoms with Crippen LogP contribution in [0.1, 0.15) is 5.56 Å². The molecule has 0 amide bonds. The van der Waals surface area contributed by atoms with Gasteiger partial charge in [-0.1, -0.05) is 18.2 Å². The minimum Gasteiger partial charge on any atom is -0.398 e. The van der Waals surface area contributed by atoms with Gasteiger partial charge in [0.25, 0.3) is 0 Å². The van der Waals surface area contributed by atoms with Gasteiger partial charge in [0.05, 0.1) is 11.1 Å². The molecule has 0 bridgehead atoms. The third-order valence-corrected chi connectivity index (χ3v) is 3.30. The van der Waals surface area contributed by atoms with Crippen LogP contribution in [-0.2, 0) is 6.18 Å². The second-order valence-electron chi connectivity index (χ2n) is 4.71. The molecule has 0 radical (unpaired) electrons. The zero-order valence-corrected chi connectivity index (χ0v) is 10.9. The topological polar surface area (TPSA) is 38.9 Å². The molecule has 0 saturated heterocycles. The molecule has 0 spiro atoms. The van der Waals surface area contributed by atoms with Crippen molar-refractivity contribution in [2.24, 2.45) is 0 Å². The van der Waals surface area contributed by atoms with E-state index in [9.17, 15) is 13.2 Å². The molecule has 2 aromatic carbocycles. The smallest absolute Gasteiger partial charge is 0.398 e. The third-order valence-electron chi connectivity index (χ3n) is 3.30. The highest BCUT2D eigenvalue weighted by Gasteiger charge is 2.30. The highest BCUT2D eigenvalue weighted by molar-refractivity contribution is 5.93. The van der Waals surface area contributed by atoms with Gasteiger partial charge in [-0.3, -0.25) is 4.98 Å². The van der Waals surface area contributed by atoms with Crippen LogP contribution in [-0.4, -0.2) is 4.98 Å². The van der Waals surface area contributed by atoms with E-state index in [4.69, 9.17) is 5.73 Å². The average Bonchev–Trinajstić information content (AvgIpc) is 2.47. The molecule has 0 aliphatic carbocycles. The van der Waals surface area contributed by atoms with Crippen molar-refractivity contribution in [2.45, 2.75) is 6.18 Å². The zero-order chi connectivity index (χ0) is 15.0. The van der Waals surface area contributed by atoms with Crippen molar-refractivity contribution in [1.29, 1.82) is 0 Å². The molecule has 3 aromatic rings. The van der Waals surface area contributed by atoms with Gasteiger partial charge in [0.2, 0.25) is 0 Å². The summed E-state index contributed by atoms with van der Waals surface area (Å²) in [5.41, 5.74) is 7.65. The molecule has 0 saturated carbocycles. The number of pyridine rings is 1. The molecular weight excluding hydrogens is 277 g/mol. The molecule has 1 heterocycles. The number of halogens is 3. The van der Waals surface area contributed by atoms with E-state index in [1.807, 2.05) is 0 Å². The number of hydrogen-bond donors (Lipinski definition) is 1. The number of nitrogens with two attached hydrogens (primary N) is 1. The van der Waals surface area contributed by atoms with E-state index < -0.39 is 11.7 Å². The summed E-state index contributed by atoms with van der Waals surface area (Å²) in [5.74, 6) is 0. The van der Waals surface area contributed by atoms with Crippen LogP contribution in [0.15, 0.2) is 54.7 Å². The van der Waals surface area contributed by atoms with Crippen molar-refractivity contribution in [2.75, 3.05) is 5.73 Å². The van der Waals surface area contributed by atoms with Crippen LogP contribution in [0.5, 0.6) is 0 Å². The van der Waals surface area contributed by atoms with Crippen molar-refractivity contribution < 1.29 is 13.2 Å². The third kappa shape index (κ3) is 2.54. The van der Waals surface area contributed by atoms with Crippen LogP contribution in [0, 0.1) is 0 Å². The van der Waals surface area contributed by atoms with Crippen LogP contribution in [0.2, 0.25) is 0 Å². The second kappa shape index (κ2) is 4.77. The maximum atomic E-state index is 12.8. The fourth-order valence-corrected chi connectivity index (χ4v) is 2.22. The molecule has 0 aliphatic heterocycles. The molecule has 3 rings (SSSR count). The Hall–Kier alpha value is -2.56. The van der Waals surface area contributed by atoms with Gasteiger partial charge in [-0.25, -0.2) is 0 Å². The summed E-state index contributed by atoms with van der Waals surface area (Å²) in [6.07, 6.45) is -2.75. The Bertz CT molecular complexity index is 810. The van der Waals surface area contributed by atoms with Crippen molar-refractivity contribution >= 4 is 16.6 Å². The Morgan fingerprint density at radius 2 is 1.67 bits per heavy atom. The summed E-state index contributed by atoms with van der Waals surface area (Å²) in [7, 11) is 0. The van der Waals surface area contributed by atoms with Gasteiger partial charge >= 0.3 is 6.18 Å². The summed E-state index contributed by atoms with van der Waals surface area (Å²) in [6, 6.07) is 12.1. The quantitative estimate of drug-likeness (QED) is 0.716. The van der Waals surface area contributed by atoms with Crippen molar-refractivity contribution in [3.63, 3.8) is 0 Å². The minimum absolute atomic E-state index is 0.495. The Kier molecular flexibility index (Phi) is 3.05. The van der Waals surface area contributed by atoms with Gasteiger partial charge < -0.3 is 5.73 Å². The Morgan fingerprint density at radius 3 is 2.43 bits per heavy atom. The van der Waals surface area contributed by atoms with Gasteiger partial charge in [0, 0.05) is 17.3 Å². The van der Waals surface area contributed by atoms with E-state index in [2.05, 4.69) is 4.98 Å². The average molecular weight is 288 g/mol. The molecule has 2 nitrogen and oxygen atoms in total. The summed E-state index contributed by atoms with van der Waals surface area (Å²) < 4.78 is 38.3. The minimum atomic E-state index is -4.35. The van der Waals surface area contributed by atoms with Gasteiger partial charge in [-0.15, -0.1) is 0 Å². The molecule has 2 N–H and O–H groups in total. The first-order valence-corrected chi connectivity index (χ1v) is 6.27. The molecule has 0 atom stereocenters. The number of nitrogens with zero attached hydrogens (tertiary/aromatic N) is 1. The lowest BCUT2D eigenvalue weighted by Crippen LogP contribution is -2.04. The van der Waals surface area contributed by atoms with E-state index in [0.717, 1.165) is 17.5 Å². The lowest BCUT2D eigenvalue weighted by molar-refractivity contribution is -0.137. The van der Waals surface area contributed by atoms with E-state index in [1.165, 1.54) is 6.07 Å².